The fourth-order valence-corrected chi connectivity index (χ4v) is 2.64. The lowest BCUT2D eigenvalue weighted by Gasteiger charge is -2.17. The molecule has 1 rings (SSSR count). The number of benzene rings is 1. The van der Waals surface area contributed by atoms with Crippen LogP contribution in [0, 0.1) is 5.92 Å². The van der Waals surface area contributed by atoms with Crippen LogP contribution in [-0.4, -0.2) is 12.6 Å². The van der Waals surface area contributed by atoms with Gasteiger partial charge in [0.1, 0.15) is 0 Å². The Balaban J connectivity index is 2.42. The molecule has 2 nitrogen and oxygen atoms in total. The summed E-state index contributed by atoms with van der Waals surface area (Å²) in [5.41, 5.74) is 8.38. The number of anilines is 1. The summed E-state index contributed by atoms with van der Waals surface area (Å²) in [6.45, 7) is 7.70. The lowest BCUT2D eigenvalue weighted by molar-refractivity contribution is 0.449. The SMILES string of the molecule is CCCCC(CCC)CNc1ccc(CC(C)N)cc1. The molecule has 0 radical (unpaired) electrons. The Hall–Kier alpha value is -1.02. The molecule has 0 bridgehead atoms. The molecule has 0 saturated carbocycles. The molecule has 0 aliphatic carbocycles. The van der Waals surface area contributed by atoms with Gasteiger partial charge in [-0.05, 0) is 49.8 Å². The van der Waals surface area contributed by atoms with Crippen molar-refractivity contribution in [2.45, 2.75) is 65.3 Å². The van der Waals surface area contributed by atoms with E-state index in [0.717, 1.165) is 18.9 Å². The van der Waals surface area contributed by atoms with Crippen molar-refractivity contribution in [3.05, 3.63) is 29.8 Å². The third-order valence-electron chi connectivity index (χ3n) is 3.77. The van der Waals surface area contributed by atoms with Gasteiger partial charge in [-0.2, -0.15) is 0 Å². The molecular weight excluding hydrogens is 244 g/mol. The smallest absolute Gasteiger partial charge is 0.0340 e. The van der Waals surface area contributed by atoms with E-state index in [9.17, 15) is 0 Å². The van der Waals surface area contributed by atoms with Gasteiger partial charge >= 0.3 is 0 Å². The minimum absolute atomic E-state index is 0.233. The van der Waals surface area contributed by atoms with Gasteiger partial charge in [-0.25, -0.2) is 0 Å². The monoisotopic (exact) mass is 276 g/mol. The molecule has 114 valence electrons. The van der Waals surface area contributed by atoms with Crippen molar-refractivity contribution in [2.24, 2.45) is 11.7 Å². The average molecular weight is 276 g/mol. The summed E-state index contributed by atoms with van der Waals surface area (Å²) < 4.78 is 0. The average Bonchev–Trinajstić information content (AvgIpc) is 2.43. The van der Waals surface area contributed by atoms with Crippen LogP contribution in [0.2, 0.25) is 0 Å². The molecule has 1 aromatic carbocycles. The third-order valence-corrected chi connectivity index (χ3v) is 3.77. The Kier molecular flexibility index (Phi) is 8.36. The summed E-state index contributed by atoms with van der Waals surface area (Å²) in [6, 6.07) is 8.97. The maximum absolute atomic E-state index is 5.83. The molecule has 1 aromatic rings. The van der Waals surface area contributed by atoms with Gasteiger partial charge in [-0.15, -0.1) is 0 Å². The predicted molar refractivity (Wildman–Crippen MR) is 90.2 cm³/mol. The summed E-state index contributed by atoms with van der Waals surface area (Å²) in [6.07, 6.45) is 7.56. The summed E-state index contributed by atoms with van der Waals surface area (Å²) >= 11 is 0. The van der Waals surface area contributed by atoms with Crippen molar-refractivity contribution < 1.29 is 0 Å². The normalized spacial score (nSPS) is 14.0. The summed E-state index contributed by atoms with van der Waals surface area (Å²) in [4.78, 5) is 0. The van der Waals surface area contributed by atoms with Crippen molar-refractivity contribution in [3.8, 4) is 0 Å². The Labute approximate surface area is 125 Å². The molecule has 0 spiro atoms. The Bertz CT molecular complexity index is 343. The molecule has 3 N–H and O–H groups in total. The van der Waals surface area contributed by atoms with Crippen LogP contribution in [0.1, 0.15) is 58.4 Å². The molecule has 0 fully saturated rings. The molecule has 0 heterocycles. The van der Waals surface area contributed by atoms with Crippen LogP contribution < -0.4 is 11.1 Å². The highest BCUT2D eigenvalue weighted by molar-refractivity contribution is 5.44. The van der Waals surface area contributed by atoms with Crippen molar-refractivity contribution in [3.63, 3.8) is 0 Å². The van der Waals surface area contributed by atoms with Crippen LogP contribution in [0.4, 0.5) is 5.69 Å². The molecule has 0 aliphatic heterocycles. The Morgan fingerprint density at radius 1 is 1.05 bits per heavy atom. The van der Waals surface area contributed by atoms with Crippen molar-refractivity contribution >= 4 is 5.69 Å². The van der Waals surface area contributed by atoms with Crippen LogP contribution in [0.15, 0.2) is 24.3 Å². The molecule has 0 saturated heterocycles. The highest BCUT2D eigenvalue weighted by Gasteiger charge is 2.07. The fraction of sp³-hybridized carbons (Fsp3) is 0.667. The van der Waals surface area contributed by atoms with E-state index in [1.807, 2.05) is 0 Å². The van der Waals surface area contributed by atoms with Crippen LogP contribution in [0.3, 0.4) is 0 Å². The van der Waals surface area contributed by atoms with Gasteiger partial charge in [0.05, 0.1) is 0 Å². The van der Waals surface area contributed by atoms with Crippen molar-refractivity contribution in [1.29, 1.82) is 0 Å². The molecule has 2 heteroatoms. The largest absolute Gasteiger partial charge is 0.385 e. The van der Waals surface area contributed by atoms with E-state index in [-0.39, 0.29) is 6.04 Å². The van der Waals surface area contributed by atoms with Crippen LogP contribution >= 0.6 is 0 Å². The molecule has 0 aromatic heterocycles. The van der Waals surface area contributed by atoms with E-state index in [0.29, 0.717) is 0 Å². The van der Waals surface area contributed by atoms with E-state index in [1.54, 1.807) is 0 Å². The van der Waals surface area contributed by atoms with Crippen LogP contribution in [-0.2, 0) is 6.42 Å². The summed E-state index contributed by atoms with van der Waals surface area (Å²) in [5, 5.41) is 3.59. The first-order valence-electron chi connectivity index (χ1n) is 8.24. The van der Waals surface area contributed by atoms with Crippen LogP contribution in [0.5, 0.6) is 0 Å². The van der Waals surface area contributed by atoms with E-state index >= 15 is 0 Å². The molecule has 20 heavy (non-hydrogen) atoms. The number of unbranched alkanes of at least 4 members (excludes halogenated alkanes) is 1. The predicted octanol–water partition coefficient (Wildman–Crippen LogP) is 4.59. The molecule has 0 aliphatic rings. The second-order valence-corrected chi connectivity index (χ2v) is 6.06. The number of nitrogens with one attached hydrogen (secondary N) is 1. The van der Waals surface area contributed by atoms with Gasteiger partial charge in [-0.3, -0.25) is 0 Å². The Morgan fingerprint density at radius 3 is 2.30 bits per heavy atom. The molecule has 2 unspecified atom stereocenters. The molecular formula is C18H32N2. The maximum atomic E-state index is 5.83. The summed E-state index contributed by atoms with van der Waals surface area (Å²) in [7, 11) is 0. The second kappa shape index (κ2) is 9.82. The number of nitrogens with two attached hydrogens (primary N) is 1. The standard InChI is InChI=1S/C18H32N2/c1-4-6-8-17(7-5-2)14-20-18-11-9-16(10-12-18)13-15(3)19/h9-12,15,17,20H,4-8,13-14,19H2,1-3H3. The third kappa shape index (κ3) is 6.95. The Morgan fingerprint density at radius 2 is 1.75 bits per heavy atom. The first-order valence-corrected chi connectivity index (χ1v) is 8.24. The highest BCUT2D eigenvalue weighted by Crippen LogP contribution is 2.17. The fourth-order valence-electron chi connectivity index (χ4n) is 2.64. The molecule has 2 atom stereocenters. The molecule has 0 amide bonds. The van der Waals surface area contributed by atoms with Gasteiger partial charge in [0.25, 0.3) is 0 Å². The lowest BCUT2D eigenvalue weighted by atomic mass is 9.97. The zero-order chi connectivity index (χ0) is 14.8. The van der Waals surface area contributed by atoms with Crippen LogP contribution in [0.25, 0.3) is 0 Å². The van der Waals surface area contributed by atoms with Crippen molar-refractivity contribution in [1.82, 2.24) is 0 Å². The quantitative estimate of drug-likeness (QED) is 0.655. The zero-order valence-corrected chi connectivity index (χ0v) is 13.5. The van der Waals surface area contributed by atoms with Gasteiger partial charge < -0.3 is 11.1 Å². The maximum Gasteiger partial charge on any atom is 0.0340 e. The van der Waals surface area contributed by atoms with Crippen molar-refractivity contribution in [2.75, 3.05) is 11.9 Å². The first kappa shape index (κ1) is 17.0. The lowest BCUT2D eigenvalue weighted by Crippen LogP contribution is -2.17. The number of rotatable bonds is 10. The van der Waals surface area contributed by atoms with E-state index in [2.05, 4.69) is 50.4 Å². The first-order chi connectivity index (χ1) is 9.65. The van der Waals surface area contributed by atoms with E-state index < -0.39 is 0 Å². The topological polar surface area (TPSA) is 38.0 Å². The second-order valence-electron chi connectivity index (χ2n) is 6.06. The minimum atomic E-state index is 0.233. The number of hydrogen-bond acceptors (Lipinski definition) is 2. The highest BCUT2D eigenvalue weighted by atomic mass is 14.9. The van der Waals surface area contributed by atoms with Gasteiger partial charge in [0, 0.05) is 18.3 Å². The van der Waals surface area contributed by atoms with Gasteiger partial charge in [-0.1, -0.05) is 45.2 Å². The number of hydrogen-bond donors (Lipinski definition) is 2. The van der Waals surface area contributed by atoms with Gasteiger partial charge in [0.15, 0.2) is 0 Å². The van der Waals surface area contributed by atoms with E-state index in [1.165, 1.54) is 43.4 Å². The minimum Gasteiger partial charge on any atom is -0.385 e. The van der Waals surface area contributed by atoms with E-state index in [4.69, 9.17) is 5.73 Å². The van der Waals surface area contributed by atoms with Gasteiger partial charge in [0.2, 0.25) is 0 Å². The summed E-state index contributed by atoms with van der Waals surface area (Å²) in [5.74, 6) is 0.809. The zero-order valence-electron chi connectivity index (χ0n) is 13.5.